The van der Waals surface area contributed by atoms with Crippen LogP contribution in [0.2, 0.25) is 0 Å². The fraction of sp³-hybridized carbons (Fsp3) is 0.950. The van der Waals surface area contributed by atoms with E-state index in [-0.39, 0.29) is 0 Å². The van der Waals surface area contributed by atoms with E-state index in [1.54, 1.807) is 0 Å². The largest absolute Gasteiger partial charge is 0.376 e. The molecule has 1 aliphatic carbocycles. The molecule has 3 fully saturated rings. The van der Waals surface area contributed by atoms with Gasteiger partial charge < -0.3 is 19.9 Å². The van der Waals surface area contributed by atoms with Gasteiger partial charge in [0.25, 0.3) is 0 Å². The molecule has 0 amide bonds. The average molecular weight is 351 g/mol. The Balaban J connectivity index is 1.32. The van der Waals surface area contributed by atoms with Crippen molar-refractivity contribution in [3.05, 3.63) is 0 Å². The number of likely N-dealkylation sites (tertiary alicyclic amines) is 2. The number of hydrogen-bond acceptors (Lipinski definition) is 3. The van der Waals surface area contributed by atoms with E-state index >= 15 is 0 Å². The molecule has 1 unspecified atom stereocenters. The van der Waals surface area contributed by atoms with Crippen LogP contribution in [0.3, 0.4) is 0 Å². The molecule has 2 aliphatic heterocycles. The first-order valence-corrected chi connectivity index (χ1v) is 10.6. The molecule has 1 saturated carbocycles. The lowest BCUT2D eigenvalue weighted by Gasteiger charge is -2.24. The van der Waals surface area contributed by atoms with Crippen molar-refractivity contribution in [2.24, 2.45) is 10.9 Å². The van der Waals surface area contributed by atoms with Crippen LogP contribution in [0.25, 0.3) is 0 Å². The summed E-state index contributed by atoms with van der Waals surface area (Å²) in [4.78, 5) is 9.58. The summed E-state index contributed by atoms with van der Waals surface area (Å²) < 4.78 is 6.09. The lowest BCUT2D eigenvalue weighted by Crippen LogP contribution is -2.42. The smallest absolute Gasteiger partial charge is 0.193 e. The minimum Gasteiger partial charge on any atom is -0.376 e. The molecule has 2 heterocycles. The van der Waals surface area contributed by atoms with Crippen LogP contribution in [0.1, 0.15) is 57.8 Å². The van der Waals surface area contributed by atoms with E-state index < -0.39 is 0 Å². The normalized spacial score (nSPS) is 27.0. The van der Waals surface area contributed by atoms with Gasteiger partial charge in [0.15, 0.2) is 5.96 Å². The fourth-order valence-corrected chi connectivity index (χ4v) is 4.63. The molecule has 0 bridgehead atoms. The Kier molecular flexibility index (Phi) is 7.86. The molecular weight excluding hydrogens is 312 g/mol. The van der Waals surface area contributed by atoms with Crippen molar-refractivity contribution in [3.63, 3.8) is 0 Å². The number of rotatable bonds is 6. The number of guanidine groups is 1. The molecule has 0 aromatic carbocycles. The summed E-state index contributed by atoms with van der Waals surface area (Å²) in [5.41, 5.74) is 0. The van der Waals surface area contributed by atoms with Crippen molar-refractivity contribution in [3.8, 4) is 0 Å². The quantitative estimate of drug-likeness (QED) is 0.346. The highest BCUT2D eigenvalue weighted by Crippen LogP contribution is 2.21. The summed E-state index contributed by atoms with van der Waals surface area (Å²) in [6.07, 6.45) is 12.5. The Bertz CT molecular complexity index is 401. The van der Waals surface area contributed by atoms with Crippen LogP contribution < -0.4 is 5.32 Å². The molecule has 5 nitrogen and oxygen atoms in total. The number of nitrogens with one attached hydrogen (secondary N) is 1. The van der Waals surface area contributed by atoms with Gasteiger partial charge in [0.05, 0.1) is 12.7 Å². The van der Waals surface area contributed by atoms with Crippen LogP contribution in [-0.4, -0.2) is 74.8 Å². The van der Waals surface area contributed by atoms with E-state index in [2.05, 4.69) is 20.1 Å². The molecule has 1 N–H and O–H groups in total. The Morgan fingerprint density at radius 2 is 1.76 bits per heavy atom. The topological polar surface area (TPSA) is 40.1 Å². The van der Waals surface area contributed by atoms with Crippen LogP contribution >= 0.6 is 0 Å². The van der Waals surface area contributed by atoms with E-state index in [1.165, 1.54) is 77.4 Å². The first-order chi connectivity index (χ1) is 12.3. The molecular formula is C20H38N4O. The second kappa shape index (κ2) is 10.4. The Hall–Kier alpha value is -0.810. The minimum atomic E-state index is 0.489. The maximum atomic E-state index is 6.09. The second-order valence-electron chi connectivity index (χ2n) is 8.07. The summed E-state index contributed by atoms with van der Waals surface area (Å²) in [6, 6.07) is 0. The maximum Gasteiger partial charge on any atom is 0.193 e. The van der Waals surface area contributed by atoms with Gasteiger partial charge in [-0.2, -0.15) is 0 Å². The van der Waals surface area contributed by atoms with Crippen LogP contribution in [0, 0.1) is 5.92 Å². The molecule has 2 saturated heterocycles. The third-order valence-corrected chi connectivity index (χ3v) is 6.05. The predicted octanol–water partition coefficient (Wildman–Crippen LogP) is 2.72. The third-order valence-electron chi connectivity index (χ3n) is 6.05. The zero-order valence-electron chi connectivity index (χ0n) is 16.2. The Morgan fingerprint density at radius 1 is 1.00 bits per heavy atom. The molecule has 144 valence electrons. The van der Waals surface area contributed by atoms with E-state index in [9.17, 15) is 0 Å². The van der Waals surface area contributed by atoms with Crippen molar-refractivity contribution < 1.29 is 4.74 Å². The fourth-order valence-electron chi connectivity index (χ4n) is 4.63. The van der Waals surface area contributed by atoms with Crippen molar-refractivity contribution in [2.45, 2.75) is 63.9 Å². The van der Waals surface area contributed by atoms with E-state index in [0.29, 0.717) is 6.10 Å². The summed E-state index contributed by atoms with van der Waals surface area (Å²) in [6.45, 7) is 7.86. The van der Waals surface area contributed by atoms with Gasteiger partial charge in [0.2, 0.25) is 0 Å². The molecule has 0 spiro atoms. The van der Waals surface area contributed by atoms with E-state index in [1.807, 2.05) is 7.05 Å². The van der Waals surface area contributed by atoms with Crippen LogP contribution in [-0.2, 0) is 4.74 Å². The van der Waals surface area contributed by atoms with Gasteiger partial charge in [-0.3, -0.25) is 4.99 Å². The first-order valence-electron chi connectivity index (χ1n) is 10.6. The average Bonchev–Trinajstić information content (AvgIpc) is 3.23. The van der Waals surface area contributed by atoms with Crippen LogP contribution in [0.15, 0.2) is 4.99 Å². The van der Waals surface area contributed by atoms with Crippen LogP contribution in [0.5, 0.6) is 0 Å². The lowest BCUT2D eigenvalue weighted by molar-refractivity contribution is 0.0466. The van der Waals surface area contributed by atoms with Gasteiger partial charge in [-0.25, -0.2) is 0 Å². The van der Waals surface area contributed by atoms with Gasteiger partial charge in [-0.15, -0.1) is 0 Å². The predicted molar refractivity (Wildman–Crippen MR) is 104 cm³/mol. The highest BCUT2D eigenvalue weighted by atomic mass is 16.5. The standard InChI is InChI=1S/C20H38N4O/c1-21-20(22-11-15-25-19-8-4-2-3-5-9-19)24-14-10-18(17-24)16-23-12-6-7-13-23/h18-19H,2-17H2,1H3,(H,21,22). The summed E-state index contributed by atoms with van der Waals surface area (Å²) in [7, 11) is 1.91. The molecule has 5 heteroatoms. The lowest BCUT2D eigenvalue weighted by atomic mass is 10.1. The molecule has 3 rings (SSSR count). The number of nitrogens with zero attached hydrogens (tertiary/aromatic N) is 3. The number of hydrogen-bond donors (Lipinski definition) is 1. The summed E-state index contributed by atoms with van der Waals surface area (Å²) in [5, 5.41) is 3.52. The molecule has 0 aromatic rings. The van der Waals surface area contributed by atoms with Gasteiger partial charge in [0, 0.05) is 33.2 Å². The zero-order valence-corrected chi connectivity index (χ0v) is 16.2. The van der Waals surface area contributed by atoms with E-state index in [0.717, 1.165) is 38.1 Å². The first kappa shape index (κ1) is 19.0. The Labute approximate surface area is 154 Å². The monoisotopic (exact) mass is 350 g/mol. The van der Waals surface area contributed by atoms with Gasteiger partial charge >= 0.3 is 0 Å². The summed E-state index contributed by atoms with van der Waals surface area (Å²) in [5.74, 6) is 1.87. The molecule has 0 aromatic heterocycles. The molecule has 25 heavy (non-hydrogen) atoms. The number of ether oxygens (including phenoxy) is 1. The van der Waals surface area contributed by atoms with Crippen molar-refractivity contribution in [1.82, 2.24) is 15.1 Å². The minimum absolute atomic E-state index is 0.489. The summed E-state index contributed by atoms with van der Waals surface area (Å²) >= 11 is 0. The highest BCUT2D eigenvalue weighted by Gasteiger charge is 2.27. The van der Waals surface area contributed by atoms with E-state index in [4.69, 9.17) is 4.74 Å². The van der Waals surface area contributed by atoms with Crippen molar-refractivity contribution in [1.29, 1.82) is 0 Å². The number of aliphatic imine (C=N–C) groups is 1. The van der Waals surface area contributed by atoms with Crippen LogP contribution in [0.4, 0.5) is 0 Å². The Morgan fingerprint density at radius 3 is 2.48 bits per heavy atom. The molecule has 0 radical (unpaired) electrons. The maximum absolute atomic E-state index is 6.09. The SMILES string of the molecule is CN=C(NCCOC1CCCCCC1)N1CCC(CN2CCCC2)C1. The van der Waals surface area contributed by atoms with Gasteiger partial charge in [-0.05, 0) is 51.1 Å². The van der Waals surface area contributed by atoms with Crippen molar-refractivity contribution >= 4 is 5.96 Å². The van der Waals surface area contributed by atoms with Gasteiger partial charge in [0.1, 0.15) is 0 Å². The molecule has 3 aliphatic rings. The highest BCUT2D eigenvalue weighted by molar-refractivity contribution is 5.80. The van der Waals surface area contributed by atoms with Crippen molar-refractivity contribution in [2.75, 3.05) is 52.9 Å². The molecule has 1 atom stereocenters. The van der Waals surface area contributed by atoms with Gasteiger partial charge in [-0.1, -0.05) is 25.7 Å². The zero-order chi connectivity index (χ0) is 17.3. The second-order valence-corrected chi connectivity index (χ2v) is 8.07. The third kappa shape index (κ3) is 6.14.